The standard InChI is InChI=1S/C14H23BrN4/c1-4-8-19(10-9-18(2)3)12-7-5-6-11(15)13(12)14(16)17/h5-7H,4,8-10H2,1-3H3,(H3,16,17). The molecule has 0 bridgehead atoms. The lowest BCUT2D eigenvalue weighted by molar-refractivity contribution is 0.413. The Kier molecular flexibility index (Phi) is 6.31. The van der Waals surface area contributed by atoms with Gasteiger partial charge in [-0.2, -0.15) is 0 Å². The summed E-state index contributed by atoms with van der Waals surface area (Å²) in [4.78, 5) is 4.45. The van der Waals surface area contributed by atoms with Crippen LogP contribution in [-0.2, 0) is 0 Å². The minimum Gasteiger partial charge on any atom is -0.384 e. The Morgan fingerprint density at radius 2 is 1.95 bits per heavy atom. The Morgan fingerprint density at radius 3 is 2.47 bits per heavy atom. The van der Waals surface area contributed by atoms with Gasteiger partial charge in [-0.1, -0.05) is 13.0 Å². The molecule has 4 nitrogen and oxygen atoms in total. The third-order valence-corrected chi connectivity index (χ3v) is 3.57. The van der Waals surface area contributed by atoms with Crippen molar-refractivity contribution in [2.75, 3.05) is 38.6 Å². The number of rotatable bonds is 7. The minimum atomic E-state index is 0.105. The molecule has 0 aromatic heterocycles. The van der Waals surface area contributed by atoms with Crippen LogP contribution in [0.25, 0.3) is 0 Å². The van der Waals surface area contributed by atoms with E-state index in [1.165, 1.54) is 0 Å². The summed E-state index contributed by atoms with van der Waals surface area (Å²) in [5.41, 5.74) is 7.54. The highest BCUT2D eigenvalue weighted by Gasteiger charge is 2.15. The van der Waals surface area contributed by atoms with E-state index in [1.54, 1.807) is 0 Å². The first kappa shape index (κ1) is 16.0. The maximum absolute atomic E-state index is 7.77. The Balaban J connectivity index is 3.07. The number of benzene rings is 1. The number of nitrogen functional groups attached to an aromatic ring is 1. The molecule has 5 heteroatoms. The number of halogens is 1. The monoisotopic (exact) mass is 326 g/mol. The van der Waals surface area contributed by atoms with Gasteiger partial charge in [0.1, 0.15) is 5.84 Å². The van der Waals surface area contributed by atoms with Crippen LogP contribution in [0.1, 0.15) is 18.9 Å². The summed E-state index contributed by atoms with van der Waals surface area (Å²) < 4.78 is 0.878. The van der Waals surface area contributed by atoms with E-state index >= 15 is 0 Å². The van der Waals surface area contributed by atoms with Gasteiger partial charge in [-0.05, 0) is 48.6 Å². The van der Waals surface area contributed by atoms with E-state index < -0.39 is 0 Å². The molecule has 0 heterocycles. The summed E-state index contributed by atoms with van der Waals surface area (Å²) in [5.74, 6) is 0.105. The molecule has 0 spiro atoms. The zero-order valence-electron chi connectivity index (χ0n) is 11.9. The highest BCUT2D eigenvalue weighted by atomic mass is 79.9. The van der Waals surface area contributed by atoms with Crippen molar-refractivity contribution in [1.29, 1.82) is 5.41 Å². The van der Waals surface area contributed by atoms with Crippen LogP contribution in [0.3, 0.4) is 0 Å². The average Bonchev–Trinajstić information content (AvgIpc) is 2.33. The first-order chi connectivity index (χ1) is 8.97. The molecule has 0 fully saturated rings. The van der Waals surface area contributed by atoms with Crippen molar-refractivity contribution in [2.24, 2.45) is 5.73 Å². The molecule has 106 valence electrons. The summed E-state index contributed by atoms with van der Waals surface area (Å²) in [6.07, 6.45) is 1.07. The molecule has 0 saturated carbocycles. The fourth-order valence-corrected chi connectivity index (χ4v) is 2.56. The van der Waals surface area contributed by atoms with Crippen LogP contribution in [-0.4, -0.2) is 44.5 Å². The number of nitrogens with zero attached hydrogens (tertiary/aromatic N) is 2. The van der Waals surface area contributed by atoms with Crippen LogP contribution in [0, 0.1) is 5.41 Å². The molecule has 1 aromatic carbocycles. The van der Waals surface area contributed by atoms with Crippen molar-refractivity contribution in [3.63, 3.8) is 0 Å². The first-order valence-electron chi connectivity index (χ1n) is 6.50. The first-order valence-corrected chi connectivity index (χ1v) is 7.29. The largest absolute Gasteiger partial charge is 0.384 e. The fraction of sp³-hybridized carbons (Fsp3) is 0.500. The van der Waals surface area contributed by atoms with Gasteiger partial charge >= 0.3 is 0 Å². The third kappa shape index (κ3) is 4.51. The lowest BCUT2D eigenvalue weighted by Crippen LogP contribution is -2.34. The predicted octanol–water partition coefficient (Wildman–Crippen LogP) is 2.51. The quantitative estimate of drug-likeness (QED) is 0.598. The van der Waals surface area contributed by atoms with Crippen LogP contribution >= 0.6 is 15.9 Å². The van der Waals surface area contributed by atoms with E-state index in [0.29, 0.717) is 0 Å². The maximum Gasteiger partial charge on any atom is 0.126 e. The third-order valence-electron chi connectivity index (χ3n) is 2.91. The van der Waals surface area contributed by atoms with Crippen LogP contribution in [0.2, 0.25) is 0 Å². The molecule has 19 heavy (non-hydrogen) atoms. The predicted molar refractivity (Wildman–Crippen MR) is 86.2 cm³/mol. The van der Waals surface area contributed by atoms with Crippen molar-refractivity contribution >= 4 is 27.5 Å². The molecule has 0 unspecified atom stereocenters. The Hall–Kier alpha value is -1.07. The summed E-state index contributed by atoms with van der Waals surface area (Å²) >= 11 is 3.49. The molecule has 1 aromatic rings. The highest BCUT2D eigenvalue weighted by Crippen LogP contribution is 2.27. The van der Waals surface area contributed by atoms with Gasteiger partial charge in [0.15, 0.2) is 0 Å². The number of nitrogens with two attached hydrogens (primary N) is 1. The van der Waals surface area contributed by atoms with Crippen LogP contribution in [0.15, 0.2) is 22.7 Å². The second kappa shape index (κ2) is 7.50. The van der Waals surface area contributed by atoms with E-state index in [1.807, 2.05) is 18.2 Å². The normalized spacial score (nSPS) is 10.8. The van der Waals surface area contributed by atoms with E-state index in [0.717, 1.165) is 41.8 Å². The molecule has 0 aliphatic rings. The van der Waals surface area contributed by atoms with Crippen LogP contribution < -0.4 is 10.6 Å². The Bertz CT molecular complexity index is 431. The van der Waals surface area contributed by atoms with Crippen molar-refractivity contribution in [1.82, 2.24) is 4.90 Å². The fourth-order valence-electron chi connectivity index (χ4n) is 1.99. The summed E-state index contributed by atoms with van der Waals surface area (Å²) in [7, 11) is 4.13. The Morgan fingerprint density at radius 1 is 1.26 bits per heavy atom. The van der Waals surface area contributed by atoms with Gasteiger partial charge in [0, 0.05) is 29.8 Å². The Labute approximate surface area is 124 Å². The molecule has 0 aliphatic heterocycles. The van der Waals surface area contributed by atoms with Gasteiger partial charge in [-0.25, -0.2) is 0 Å². The van der Waals surface area contributed by atoms with Gasteiger partial charge in [0.25, 0.3) is 0 Å². The van der Waals surface area contributed by atoms with Gasteiger partial charge < -0.3 is 15.5 Å². The van der Waals surface area contributed by atoms with E-state index in [4.69, 9.17) is 11.1 Å². The molecule has 3 N–H and O–H groups in total. The van der Waals surface area contributed by atoms with Crippen molar-refractivity contribution in [2.45, 2.75) is 13.3 Å². The average molecular weight is 327 g/mol. The summed E-state index contributed by atoms with van der Waals surface area (Å²) in [5, 5.41) is 7.77. The number of anilines is 1. The second-order valence-corrected chi connectivity index (χ2v) is 5.69. The van der Waals surface area contributed by atoms with Gasteiger partial charge in [-0.3, -0.25) is 5.41 Å². The SMILES string of the molecule is CCCN(CCN(C)C)c1cccc(Br)c1C(=N)N. The van der Waals surface area contributed by atoms with Gasteiger partial charge in [0.05, 0.1) is 5.56 Å². The van der Waals surface area contributed by atoms with Crippen molar-refractivity contribution < 1.29 is 0 Å². The highest BCUT2D eigenvalue weighted by molar-refractivity contribution is 9.10. The molecule has 0 atom stereocenters. The van der Waals surface area contributed by atoms with Gasteiger partial charge in [0.2, 0.25) is 0 Å². The van der Waals surface area contributed by atoms with E-state index in [2.05, 4.69) is 46.7 Å². The number of likely N-dealkylation sites (N-methyl/N-ethyl adjacent to an activating group) is 1. The number of nitrogens with one attached hydrogen (secondary N) is 1. The second-order valence-electron chi connectivity index (χ2n) is 4.84. The summed E-state index contributed by atoms with van der Waals surface area (Å²) in [6.45, 7) is 5.03. The molecule has 0 aliphatic carbocycles. The van der Waals surface area contributed by atoms with Crippen molar-refractivity contribution in [3.8, 4) is 0 Å². The topological polar surface area (TPSA) is 56.4 Å². The molecule has 0 amide bonds. The van der Waals surface area contributed by atoms with Crippen LogP contribution in [0.4, 0.5) is 5.69 Å². The number of hydrogen-bond acceptors (Lipinski definition) is 3. The zero-order valence-corrected chi connectivity index (χ0v) is 13.5. The molecule has 1 rings (SSSR count). The van der Waals surface area contributed by atoms with E-state index in [-0.39, 0.29) is 5.84 Å². The number of hydrogen-bond donors (Lipinski definition) is 2. The lowest BCUT2D eigenvalue weighted by atomic mass is 10.1. The molecular formula is C14H23BrN4. The summed E-state index contributed by atoms with van der Waals surface area (Å²) in [6, 6.07) is 5.95. The molecule has 0 saturated heterocycles. The number of amidine groups is 1. The lowest BCUT2D eigenvalue weighted by Gasteiger charge is -2.28. The van der Waals surface area contributed by atoms with Crippen molar-refractivity contribution in [3.05, 3.63) is 28.2 Å². The smallest absolute Gasteiger partial charge is 0.126 e. The molecular weight excluding hydrogens is 304 g/mol. The van der Waals surface area contributed by atoms with Crippen LogP contribution in [0.5, 0.6) is 0 Å². The van der Waals surface area contributed by atoms with Gasteiger partial charge in [-0.15, -0.1) is 0 Å². The molecule has 0 radical (unpaired) electrons. The minimum absolute atomic E-state index is 0.105. The zero-order chi connectivity index (χ0) is 14.4. The maximum atomic E-state index is 7.77. The van der Waals surface area contributed by atoms with E-state index in [9.17, 15) is 0 Å².